The van der Waals surface area contributed by atoms with Gasteiger partial charge in [-0.15, -0.1) is 0 Å². The molecule has 0 spiro atoms. The van der Waals surface area contributed by atoms with Crippen LogP contribution in [0.5, 0.6) is 0 Å². The number of anilines is 1. The van der Waals surface area contributed by atoms with Gasteiger partial charge in [-0.05, 0) is 63.4 Å². The fourth-order valence-corrected chi connectivity index (χ4v) is 3.27. The first-order valence-corrected chi connectivity index (χ1v) is 8.02. The van der Waals surface area contributed by atoms with Crippen molar-refractivity contribution in [3.8, 4) is 0 Å². The lowest BCUT2D eigenvalue weighted by Gasteiger charge is -2.34. The smallest absolute Gasteiger partial charge is 0.128 e. The molecule has 2 N–H and O–H groups in total. The Labute approximate surface area is 122 Å². The maximum Gasteiger partial charge on any atom is 0.128 e. The molecule has 0 bridgehead atoms. The van der Waals surface area contributed by atoms with Crippen LogP contribution in [0.15, 0.2) is 24.4 Å². The van der Waals surface area contributed by atoms with Crippen LogP contribution in [-0.2, 0) is 0 Å². The second kappa shape index (κ2) is 7.04. The third kappa shape index (κ3) is 3.70. The van der Waals surface area contributed by atoms with Gasteiger partial charge in [0.05, 0.1) is 0 Å². The van der Waals surface area contributed by atoms with E-state index in [4.69, 9.17) is 0 Å². The Morgan fingerprint density at radius 1 is 1.15 bits per heavy atom. The number of nitrogens with one attached hydrogen (secondary N) is 2. The van der Waals surface area contributed by atoms with E-state index in [9.17, 15) is 0 Å². The maximum atomic E-state index is 4.45. The quantitative estimate of drug-likeness (QED) is 0.876. The summed E-state index contributed by atoms with van der Waals surface area (Å²) in [4.78, 5) is 6.85. The molecule has 0 atom stereocenters. The van der Waals surface area contributed by atoms with Gasteiger partial charge in [0.1, 0.15) is 5.82 Å². The molecule has 2 saturated heterocycles. The Kier molecular flexibility index (Phi) is 4.87. The van der Waals surface area contributed by atoms with Gasteiger partial charge in [0.25, 0.3) is 0 Å². The summed E-state index contributed by atoms with van der Waals surface area (Å²) in [6, 6.07) is 6.87. The Morgan fingerprint density at radius 2 is 1.95 bits per heavy atom. The molecule has 1 aromatic rings. The molecule has 110 valence electrons. The number of rotatable bonds is 4. The molecule has 0 amide bonds. The molecule has 4 nitrogen and oxygen atoms in total. The monoisotopic (exact) mass is 274 g/mol. The SMILES string of the molecule is c1ccc(N2CCC(NCC3CCNCC3)CC2)nc1. The molecule has 2 aliphatic heterocycles. The number of aromatic nitrogens is 1. The lowest BCUT2D eigenvalue weighted by atomic mass is 9.97. The molecule has 4 heteroatoms. The van der Waals surface area contributed by atoms with Gasteiger partial charge in [-0.3, -0.25) is 0 Å². The van der Waals surface area contributed by atoms with Crippen LogP contribution in [0.3, 0.4) is 0 Å². The van der Waals surface area contributed by atoms with Crippen LogP contribution >= 0.6 is 0 Å². The minimum absolute atomic E-state index is 0.699. The molecule has 20 heavy (non-hydrogen) atoms. The molecule has 0 aliphatic carbocycles. The van der Waals surface area contributed by atoms with Crippen molar-refractivity contribution in [1.82, 2.24) is 15.6 Å². The van der Waals surface area contributed by atoms with Crippen LogP contribution in [0.25, 0.3) is 0 Å². The highest BCUT2D eigenvalue weighted by atomic mass is 15.2. The van der Waals surface area contributed by atoms with Gasteiger partial charge in [-0.2, -0.15) is 0 Å². The van der Waals surface area contributed by atoms with E-state index in [1.54, 1.807) is 0 Å². The van der Waals surface area contributed by atoms with Gasteiger partial charge in [0.15, 0.2) is 0 Å². The van der Waals surface area contributed by atoms with Crippen LogP contribution in [0, 0.1) is 5.92 Å². The molecule has 3 heterocycles. The molecular formula is C16H26N4. The Balaban J connectivity index is 1.40. The normalized spacial score (nSPS) is 22.1. The first kappa shape index (κ1) is 13.8. The first-order chi connectivity index (χ1) is 9.92. The number of pyridine rings is 1. The van der Waals surface area contributed by atoms with E-state index < -0.39 is 0 Å². The summed E-state index contributed by atoms with van der Waals surface area (Å²) < 4.78 is 0. The highest BCUT2D eigenvalue weighted by Gasteiger charge is 2.21. The zero-order chi connectivity index (χ0) is 13.6. The van der Waals surface area contributed by atoms with Gasteiger partial charge >= 0.3 is 0 Å². The lowest BCUT2D eigenvalue weighted by molar-refractivity contribution is 0.321. The number of piperidine rings is 2. The van der Waals surface area contributed by atoms with Gasteiger partial charge < -0.3 is 15.5 Å². The van der Waals surface area contributed by atoms with Crippen molar-refractivity contribution in [3.63, 3.8) is 0 Å². The predicted molar refractivity (Wildman–Crippen MR) is 83.1 cm³/mol. The second-order valence-corrected chi connectivity index (χ2v) is 6.05. The van der Waals surface area contributed by atoms with E-state index in [1.165, 1.54) is 45.3 Å². The minimum atomic E-state index is 0.699. The molecule has 0 aromatic carbocycles. The molecule has 3 rings (SSSR count). The zero-order valence-corrected chi connectivity index (χ0v) is 12.2. The van der Waals surface area contributed by atoms with E-state index in [1.807, 2.05) is 12.3 Å². The van der Waals surface area contributed by atoms with E-state index in [-0.39, 0.29) is 0 Å². The summed E-state index contributed by atoms with van der Waals surface area (Å²) in [5.41, 5.74) is 0. The van der Waals surface area contributed by atoms with E-state index >= 15 is 0 Å². The Bertz CT molecular complexity index is 381. The van der Waals surface area contributed by atoms with Crippen molar-refractivity contribution in [3.05, 3.63) is 24.4 Å². The van der Waals surface area contributed by atoms with Crippen molar-refractivity contribution in [2.45, 2.75) is 31.7 Å². The summed E-state index contributed by atoms with van der Waals surface area (Å²) in [5.74, 6) is 2.01. The fourth-order valence-electron chi connectivity index (χ4n) is 3.27. The summed E-state index contributed by atoms with van der Waals surface area (Å²) in [7, 11) is 0. The van der Waals surface area contributed by atoms with Crippen LogP contribution in [0.4, 0.5) is 5.82 Å². The average Bonchev–Trinajstić information content (AvgIpc) is 2.55. The molecule has 0 saturated carbocycles. The van der Waals surface area contributed by atoms with Crippen molar-refractivity contribution in [1.29, 1.82) is 0 Å². The minimum Gasteiger partial charge on any atom is -0.357 e. The average molecular weight is 274 g/mol. The van der Waals surface area contributed by atoms with Crippen molar-refractivity contribution >= 4 is 5.82 Å². The van der Waals surface area contributed by atoms with Crippen LogP contribution in [0.1, 0.15) is 25.7 Å². The summed E-state index contributed by atoms with van der Waals surface area (Å²) in [6.45, 7) is 5.85. The van der Waals surface area contributed by atoms with Crippen LogP contribution < -0.4 is 15.5 Å². The predicted octanol–water partition coefficient (Wildman–Crippen LogP) is 1.64. The molecule has 2 aliphatic rings. The van der Waals surface area contributed by atoms with E-state index in [0.29, 0.717) is 6.04 Å². The summed E-state index contributed by atoms with van der Waals surface area (Å²) in [6.07, 6.45) is 7.03. The highest BCUT2D eigenvalue weighted by Crippen LogP contribution is 2.18. The largest absolute Gasteiger partial charge is 0.357 e. The van der Waals surface area contributed by atoms with Gasteiger partial charge in [0, 0.05) is 25.3 Å². The van der Waals surface area contributed by atoms with Crippen molar-refractivity contribution in [2.24, 2.45) is 5.92 Å². The zero-order valence-electron chi connectivity index (χ0n) is 12.2. The maximum absolute atomic E-state index is 4.45. The van der Waals surface area contributed by atoms with Crippen molar-refractivity contribution in [2.75, 3.05) is 37.6 Å². The topological polar surface area (TPSA) is 40.2 Å². The molecule has 0 radical (unpaired) electrons. The second-order valence-electron chi connectivity index (χ2n) is 6.05. The summed E-state index contributed by atoms with van der Waals surface area (Å²) >= 11 is 0. The van der Waals surface area contributed by atoms with Crippen LogP contribution in [-0.4, -0.2) is 43.7 Å². The number of hydrogen-bond acceptors (Lipinski definition) is 4. The van der Waals surface area contributed by atoms with Crippen LogP contribution in [0.2, 0.25) is 0 Å². The van der Waals surface area contributed by atoms with E-state index in [2.05, 4.69) is 32.7 Å². The van der Waals surface area contributed by atoms with Gasteiger partial charge in [-0.25, -0.2) is 4.98 Å². The number of nitrogens with zero attached hydrogens (tertiary/aromatic N) is 2. The highest BCUT2D eigenvalue weighted by molar-refractivity contribution is 5.38. The fraction of sp³-hybridized carbons (Fsp3) is 0.688. The molecule has 2 fully saturated rings. The molecule has 0 unspecified atom stereocenters. The third-order valence-corrected chi connectivity index (χ3v) is 4.62. The molecule has 1 aromatic heterocycles. The summed E-state index contributed by atoms with van der Waals surface area (Å²) in [5, 5.41) is 7.22. The number of hydrogen-bond donors (Lipinski definition) is 2. The van der Waals surface area contributed by atoms with Gasteiger partial charge in [0.2, 0.25) is 0 Å². The van der Waals surface area contributed by atoms with E-state index in [0.717, 1.165) is 24.8 Å². The first-order valence-electron chi connectivity index (χ1n) is 8.02. The van der Waals surface area contributed by atoms with Gasteiger partial charge in [-0.1, -0.05) is 6.07 Å². The third-order valence-electron chi connectivity index (χ3n) is 4.62. The standard InChI is InChI=1S/C16H26N4/c1-2-8-18-16(3-1)20-11-6-15(7-12-20)19-13-14-4-9-17-10-5-14/h1-3,8,14-15,17,19H,4-7,9-13H2. The Hall–Kier alpha value is -1.13. The van der Waals surface area contributed by atoms with Crippen molar-refractivity contribution < 1.29 is 0 Å². The lowest BCUT2D eigenvalue weighted by Crippen LogP contribution is -2.45. The molecular weight excluding hydrogens is 248 g/mol. The Morgan fingerprint density at radius 3 is 2.65 bits per heavy atom.